The fraction of sp³-hybridized carbons (Fsp3) is 0.263. The second-order valence-electron chi connectivity index (χ2n) is 5.90. The number of aryl methyl sites for hydroxylation is 2. The summed E-state index contributed by atoms with van der Waals surface area (Å²) < 4.78 is 18.4. The van der Waals surface area contributed by atoms with Crippen molar-refractivity contribution in [1.29, 1.82) is 0 Å². The first-order chi connectivity index (χ1) is 12.4. The van der Waals surface area contributed by atoms with E-state index in [9.17, 15) is 14.0 Å². The summed E-state index contributed by atoms with van der Waals surface area (Å²) in [5.74, 6) is -0.0229. The smallest absolute Gasteiger partial charge is 0.333 e. The van der Waals surface area contributed by atoms with Crippen molar-refractivity contribution >= 4 is 11.9 Å². The number of carbonyl (C=O) groups excluding carboxylic acids is 2. The summed E-state index contributed by atoms with van der Waals surface area (Å²) in [6, 6.07) is 10.9. The molecule has 0 unspecified atom stereocenters. The van der Waals surface area contributed by atoms with Gasteiger partial charge in [0, 0.05) is 0 Å². The molecule has 0 aliphatic rings. The van der Waals surface area contributed by atoms with Crippen LogP contribution in [0.1, 0.15) is 16.7 Å². The molecule has 0 saturated carbocycles. The van der Waals surface area contributed by atoms with Crippen molar-refractivity contribution in [2.24, 2.45) is 0 Å². The summed E-state index contributed by atoms with van der Waals surface area (Å²) in [7, 11) is 0. The predicted octanol–water partition coefficient (Wildman–Crippen LogP) is 2.39. The summed E-state index contributed by atoms with van der Waals surface area (Å²) in [5, 5.41) is 2.57. The highest BCUT2D eigenvalue weighted by Gasteiger charge is 2.06. The van der Waals surface area contributed by atoms with Crippen LogP contribution >= 0.6 is 0 Å². The van der Waals surface area contributed by atoms with E-state index in [2.05, 4.69) is 16.2 Å². The van der Waals surface area contributed by atoms with Crippen LogP contribution in [0.25, 0.3) is 0 Å². The molecule has 0 aromatic heterocycles. The summed E-state index contributed by atoms with van der Waals surface area (Å²) in [6.45, 7) is 4.56. The molecule has 2 aromatic rings. The van der Waals surface area contributed by atoms with E-state index >= 15 is 0 Å². The molecule has 7 heteroatoms. The van der Waals surface area contributed by atoms with Gasteiger partial charge in [-0.05, 0) is 54.8 Å². The fourth-order valence-electron chi connectivity index (χ4n) is 2.35. The highest BCUT2D eigenvalue weighted by atomic mass is 19.1. The Morgan fingerprint density at radius 2 is 1.65 bits per heavy atom. The van der Waals surface area contributed by atoms with Crippen molar-refractivity contribution < 1.29 is 18.7 Å². The first-order valence-corrected chi connectivity index (χ1v) is 8.20. The van der Waals surface area contributed by atoms with Crippen molar-refractivity contribution in [3.05, 3.63) is 65.0 Å². The molecule has 0 heterocycles. The Morgan fingerprint density at radius 3 is 2.31 bits per heavy atom. The topological polar surface area (TPSA) is 79.5 Å². The highest BCUT2D eigenvalue weighted by molar-refractivity contribution is 5.82. The van der Waals surface area contributed by atoms with Gasteiger partial charge in [-0.15, -0.1) is 0 Å². The zero-order chi connectivity index (χ0) is 18.9. The molecule has 0 atom stereocenters. The number of halogens is 1. The van der Waals surface area contributed by atoms with Gasteiger partial charge in [-0.2, -0.15) is 0 Å². The summed E-state index contributed by atoms with van der Waals surface area (Å²) in [6.07, 6.45) is 0.0381. The Labute approximate surface area is 151 Å². The van der Waals surface area contributed by atoms with Crippen LogP contribution in [-0.2, 0) is 11.2 Å². The molecule has 0 saturated heterocycles. The van der Waals surface area contributed by atoms with Crippen LogP contribution < -0.4 is 20.9 Å². The van der Waals surface area contributed by atoms with Gasteiger partial charge in [0.1, 0.15) is 18.2 Å². The Hall–Kier alpha value is -3.09. The van der Waals surface area contributed by atoms with E-state index in [0.29, 0.717) is 12.2 Å². The van der Waals surface area contributed by atoms with Gasteiger partial charge >= 0.3 is 6.03 Å². The third-order valence-corrected chi connectivity index (χ3v) is 3.44. The van der Waals surface area contributed by atoms with E-state index in [1.165, 1.54) is 24.3 Å². The molecule has 2 rings (SSSR count). The standard InChI is InChI=1S/C19H22FN3O3/c1-13-9-14(2)11-17(10-13)26-8-7-21-19(25)23-22-18(24)12-15-3-5-16(20)6-4-15/h3-6,9-11H,7-8,12H2,1-2H3,(H,22,24)(H2,21,23,25). The zero-order valence-corrected chi connectivity index (χ0v) is 14.8. The van der Waals surface area contributed by atoms with Crippen LogP contribution in [0.15, 0.2) is 42.5 Å². The fourth-order valence-corrected chi connectivity index (χ4v) is 2.35. The quantitative estimate of drug-likeness (QED) is 0.547. The lowest BCUT2D eigenvalue weighted by molar-refractivity contribution is -0.121. The van der Waals surface area contributed by atoms with Crippen molar-refractivity contribution in [3.63, 3.8) is 0 Å². The SMILES string of the molecule is Cc1cc(C)cc(OCCNC(=O)NNC(=O)Cc2ccc(F)cc2)c1. The maximum atomic E-state index is 12.8. The number of urea groups is 1. The first kappa shape index (κ1) is 19.2. The van der Waals surface area contributed by atoms with E-state index < -0.39 is 11.9 Å². The van der Waals surface area contributed by atoms with Crippen molar-refractivity contribution in [2.45, 2.75) is 20.3 Å². The van der Waals surface area contributed by atoms with Gasteiger partial charge in [0.25, 0.3) is 0 Å². The van der Waals surface area contributed by atoms with Crippen LogP contribution in [0.5, 0.6) is 5.75 Å². The van der Waals surface area contributed by atoms with Crippen molar-refractivity contribution in [1.82, 2.24) is 16.2 Å². The van der Waals surface area contributed by atoms with Gasteiger partial charge in [0.15, 0.2) is 0 Å². The maximum absolute atomic E-state index is 12.8. The van der Waals surface area contributed by atoms with Crippen molar-refractivity contribution in [2.75, 3.05) is 13.2 Å². The number of rotatable bonds is 6. The van der Waals surface area contributed by atoms with Crippen LogP contribution in [0, 0.1) is 19.7 Å². The molecule has 3 amide bonds. The molecule has 0 spiro atoms. The van der Waals surface area contributed by atoms with E-state index in [-0.39, 0.29) is 18.8 Å². The summed E-state index contributed by atoms with van der Waals surface area (Å²) in [5.41, 5.74) is 7.39. The molecular formula is C19H22FN3O3. The third-order valence-electron chi connectivity index (χ3n) is 3.44. The average molecular weight is 359 g/mol. The number of carbonyl (C=O) groups is 2. The predicted molar refractivity (Wildman–Crippen MR) is 96.2 cm³/mol. The molecule has 2 aromatic carbocycles. The zero-order valence-electron chi connectivity index (χ0n) is 14.8. The minimum atomic E-state index is -0.540. The second-order valence-corrected chi connectivity index (χ2v) is 5.90. The lowest BCUT2D eigenvalue weighted by Crippen LogP contribution is -2.48. The number of amides is 3. The normalized spacial score (nSPS) is 10.1. The average Bonchev–Trinajstić information content (AvgIpc) is 2.58. The number of nitrogens with one attached hydrogen (secondary N) is 3. The van der Waals surface area contributed by atoms with Crippen LogP contribution in [0.2, 0.25) is 0 Å². The Morgan fingerprint density at radius 1 is 1.00 bits per heavy atom. The molecule has 138 valence electrons. The van der Waals surface area contributed by atoms with Gasteiger partial charge in [-0.3, -0.25) is 10.2 Å². The first-order valence-electron chi connectivity index (χ1n) is 8.20. The van der Waals surface area contributed by atoms with Gasteiger partial charge in [-0.25, -0.2) is 14.6 Å². The molecule has 6 nitrogen and oxygen atoms in total. The van der Waals surface area contributed by atoms with E-state index in [4.69, 9.17) is 4.74 Å². The molecule has 0 aliphatic carbocycles. The lowest BCUT2D eigenvalue weighted by atomic mass is 10.1. The monoisotopic (exact) mass is 359 g/mol. The van der Waals surface area contributed by atoms with E-state index in [1.807, 2.05) is 32.0 Å². The number of hydrogen-bond acceptors (Lipinski definition) is 3. The second kappa shape index (κ2) is 9.41. The largest absolute Gasteiger partial charge is 0.492 e. The highest BCUT2D eigenvalue weighted by Crippen LogP contribution is 2.15. The Bertz CT molecular complexity index is 743. The number of ether oxygens (including phenoxy) is 1. The summed E-state index contributed by atoms with van der Waals surface area (Å²) >= 11 is 0. The Balaban J connectivity index is 1.62. The lowest BCUT2D eigenvalue weighted by Gasteiger charge is -2.11. The number of hydrogen-bond donors (Lipinski definition) is 3. The minimum absolute atomic E-state index is 0.0381. The van der Waals surface area contributed by atoms with Gasteiger partial charge in [-0.1, -0.05) is 18.2 Å². The maximum Gasteiger partial charge on any atom is 0.333 e. The van der Waals surface area contributed by atoms with Gasteiger partial charge in [0.2, 0.25) is 5.91 Å². The van der Waals surface area contributed by atoms with Crippen LogP contribution in [-0.4, -0.2) is 25.1 Å². The van der Waals surface area contributed by atoms with Crippen LogP contribution in [0.3, 0.4) is 0 Å². The van der Waals surface area contributed by atoms with Gasteiger partial charge in [0.05, 0.1) is 13.0 Å². The summed E-state index contributed by atoms with van der Waals surface area (Å²) in [4.78, 5) is 23.3. The number of hydrazine groups is 1. The third kappa shape index (κ3) is 6.80. The molecule has 0 aliphatic heterocycles. The Kier molecular flexibility index (Phi) is 6.96. The molecule has 0 radical (unpaired) electrons. The van der Waals surface area contributed by atoms with Crippen LogP contribution in [0.4, 0.5) is 9.18 Å². The number of benzene rings is 2. The molecule has 3 N–H and O–H groups in total. The molecule has 0 bridgehead atoms. The van der Waals surface area contributed by atoms with Crippen molar-refractivity contribution in [3.8, 4) is 5.75 Å². The molecular weight excluding hydrogens is 337 g/mol. The molecule has 0 fully saturated rings. The minimum Gasteiger partial charge on any atom is -0.492 e. The van der Waals surface area contributed by atoms with Gasteiger partial charge < -0.3 is 10.1 Å². The van der Waals surface area contributed by atoms with E-state index in [1.54, 1.807) is 0 Å². The van der Waals surface area contributed by atoms with E-state index in [0.717, 1.165) is 16.9 Å². The molecule has 26 heavy (non-hydrogen) atoms.